The lowest BCUT2D eigenvalue weighted by Gasteiger charge is -2.05. The zero-order valence-corrected chi connectivity index (χ0v) is 23.8. The van der Waals surface area contributed by atoms with Gasteiger partial charge >= 0.3 is 5.97 Å². The molecule has 200 valence electrons. The van der Waals surface area contributed by atoms with E-state index >= 15 is 0 Å². The molecule has 0 aromatic heterocycles. The van der Waals surface area contributed by atoms with E-state index < -0.39 is 0 Å². The summed E-state index contributed by atoms with van der Waals surface area (Å²) in [6, 6.07) is 0. The lowest BCUT2D eigenvalue weighted by molar-refractivity contribution is -0.140. The Morgan fingerprint density at radius 2 is 1.28 bits per heavy atom. The zero-order valence-electron chi connectivity index (χ0n) is 23.8. The fourth-order valence-corrected chi connectivity index (χ4v) is 5.37. The summed E-state index contributed by atoms with van der Waals surface area (Å²) in [5.74, 6) is 2.45. The van der Waals surface area contributed by atoms with Gasteiger partial charge in [-0.1, -0.05) is 13.8 Å². The van der Waals surface area contributed by atoms with Crippen LogP contribution in [0, 0.1) is 0 Å². The summed E-state index contributed by atoms with van der Waals surface area (Å²) in [5, 5.41) is 0. The number of amidine groups is 4. The number of carbonyl (C=O) groups excluding carboxylic acids is 1. The fourth-order valence-electron chi connectivity index (χ4n) is 5.37. The summed E-state index contributed by atoms with van der Waals surface area (Å²) in [7, 11) is 1.42. The number of aliphatic imine (C=N–C) groups is 6. The van der Waals surface area contributed by atoms with Gasteiger partial charge in [-0.3, -0.25) is 4.79 Å². The molecular weight excluding hydrogens is 488 g/mol. The number of hydrogen-bond acceptors (Lipinski definition) is 8. The highest BCUT2D eigenvalue weighted by Gasteiger charge is 2.27. The number of hydrogen-bond donors (Lipinski definition) is 0. The first-order chi connectivity index (χ1) is 18.7. The molecule has 0 radical (unpaired) electrons. The molecule has 39 heavy (non-hydrogen) atoms. The van der Waals surface area contributed by atoms with Gasteiger partial charge in [0.2, 0.25) is 0 Å². The van der Waals surface area contributed by atoms with Crippen LogP contribution in [-0.4, -0.2) is 47.8 Å². The van der Waals surface area contributed by atoms with E-state index in [-0.39, 0.29) is 5.97 Å². The van der Waals surface area contributed by atoms with Crippen LogP contribution in [-0.2, 0) is 9.53 Å². The Morgan fingerprint density at radius 1 is 0.692 bits per heavy atom. The van der Waals surface area contributed by atoms with Crippen molar-refractivity contribution < 1.29 is 9.53 Å². The van der Waals surface area contributed by atoms with Crippen molar-refractivity contribution in [3.8, 4) is 0 Å². The van der Waals surface area contributed by atoms with Crippen LogP contribution in [0.2, 0.25) is 0 Å². The summed E-state index contributed by atoms with van der Waals surface area (Å²) in [5.41, 5.74) is 10.8. The third-order valence-corrected chi connectivity index (χ3v) is 7.65. The molecule has 0 atom stereocenters. The van der Waals surface area contributed by atoms with Crippen molar-refractivity contribution in [3.63, 3.8) is 0 Å². The van der Waals surface area contributed by atoms with Crippen LogP contribution >= 0.6 is 0 Å². The molecule has 5 aliphatic heterocycles. The summed E-state index contributed by atoms with van der Waals surface area (Å²) in [6.45, 7) is 12.5. The van der Waals surface area contributed by atoms with E-state index in [0.717, 1.165) is 69.1 Å². The van der Waals surface area contributed by atoms with Crippen LogP contribution in [0.15, 0.2) is 98.6 Å². The minimum absolute atomic E-state index is 0.217. The van der Waals surface area contributed by atoms with Gasteiger partial charge in [-0.2, -0.15) is 0 Å². The highest BCUT2D eigenvalue weighted by atomic mass is 16.5. The molecule has 0 spiro atoms. The number of fused-ring (bicyclic) bond motifs is 4. The summed E-state index contributed by atoms with van der Waals surface area (Å²) >= 11 is 0. The van der Waals surface area contributed by atoms with E-state index in [1.807, 2.05) is 26.0 Å². The Labute approximate surface area is 229 Å². The summed E-state index contributed by atoms with van der Waals surface area (Å²) in [6.07, 6.45) is 9.44. The number of ether oxygens (including phenoxy) is 1. The molecule has 0 saturated heterocycles. The Bertz CT molecular complexity index is 1560. The van der Waals surface area contributed by atoms with Crippen LogP contribution in [0.3, 0.4) is 0 Å². The third-order valence-electron chi connectivity index (χ3n) is 7.65. The summed E-state index contributed by atoms with van der Waals surface area (Å²) < 4.78 is 4.84. The van der Waals surface area contributed by atoms with E-state index in [0.29, 0.717) is 42.6 Å². The largest absolute Gasteiger partial charge is 0.469 e. The average molecular weight is 523 g/mol. The Morgan fingerprint density at radius 3 is 1.95 bits per heavy atom. The maximum Gasteiger partial charge on any atom is 0.305 e. The van der Waals surface area contributed by atoms with Crippen LogP contribution in [0.1, 0.15) is 73.6 Å². The molecule has 0 amide bonds. The van der Waals surface area contributed by atoms with Gasteiger partial charge in [-0.15, -0.1) is 0 Å². The molecule has 8 nitrogen and oxygen atoms in total. The predicted octanol–water partition coefficient (Wildman–Crippen LogP) is 6.36. The second-order valence-corrected chi connectivity index (χ2v) is 10.1. The smallest absolute Gasteiger partial charge is 0.305 e. The molecule has 0 fully saturated rings. The lowest BCUT2D eigenvalue weighted by Crippen LogP contribution is -2.02. The lowest BCUT2D eigenvalue weighted by atomic mass is 10.00. The molecule has 0 unspecified atom stereocenters. The Balaban J connectivity index is 1.68. The van der Waals surface area contributed by atoms with Crippen molar-refractivity contribution in [2.24, 2.45) is 30.0 Å². The first kappa shape index (κ1) is 26.5. The summed E-state index contributed by atoms with van der Waals surface area (Å²) in [4.78, 5) is 41.2. The number of rotatable bonds is 6. The fraction of sp³-hybridized carbons (Fsp3) is 0.387. The van der Waals surface area contributed by atoms with Gasteiger partial charge in [0.1, 0.15) is 0 Å². The Hall–Kier alpha value is -4.07. The maximum atomic E-state index is 11.8. The van der Waals surface area contributed by atoms with Gasteiger partial charge in [-0.05, 0) is 111 Å². The van der Waals surface area contributed by atoms with Gasteiger partial charge in [-0.25, -0.2) is 30.0 Å². The van der Waals surface area contributed by atoms with Crippen molar-refractivity contribution in [2.75, 3.05) is 7.11 Å². The molecular formula is C31H34N6O2. The quantitative estimate of drug-likeness (QED) is 0.379. The molecule has 8 heteroatoms. The number of methoxy groups -OCH3 is 1. The van der Waals surface area contributed by atoms with Crippen molar-refractivity contribution >= 4 is 40.7 Å². The molecule has 0 aromatic rings. The SMILES string of the molecule is CCC1=C(C)C2=NC1=CC1=NC(=NC3=NC(=CC4=NC(=N2)C(C)=C4)C(CCCC(=O)OC)=C3C)C(C)=C1CC. The number of allylic oxidation sites excluding steroid dienone is 6. The van der Waals surface area contributed by atoms with Crippen molar-refractivity contribution in [1.29, 1.82) is 0 Å². The highest BCUT2D eigenvalue weighted by Crippen LogP contribution is 2.34. The molecule has 5 aliphatic rings. The minimum atomic E-state index is -0.217. The molecule has 0 N–H and O–H groups in total. The number of esters is 1. The molecule has 0 aliphatic carbocycles. The van der Waals surface area contributed by atoms with Crippen LogP contribution in [0.5, 0.6) is 0 Å². The maximum absolute atomic E-state index is 11.8. The number of nitrogens with zero attached hydrogens (tertiary/aromatic N) is 6. The predicted molar refractivity (Wildman–Crippen MR) is 159 cm³/mol. The van der Waals surface area contributed by atoms with Crippen molar-refractivity contribution in [1.82, 2.24) is 0 Å². The van der Waals surface area contributed by atoms with Crippen LogP contribution in [0.25, 0.3) is 0 Å². The Kier molecular flexibility index (Phi) is 7.21. The minimum Gasteiger partial charge on any atom is -0.469 e. The molecule has 0 aromatic carbocycles. The standard InChI is InChI=1S/C31H34N6O2/c1-8-21-17(4)29-34-25(21)15-26-22(9-2)18(5)30(35-26)37-31-19(6)23(11-10-12-27(38)39-7)24(33-31)14-20-13-16(3)28(32-20)36-29/h13-15H,8-12H2,1-7H3. The van der Waals surface area contributed by atoms with E-state index in [1.165, 1.54) is 12.7 Å². The van der Waals surface area contributed by atoms with E-state index in [4.69, 9.17) is 34.7 Å². The van der Waals surface area contributed by atoms with Gasteiger partial charge in [0, 0.05) is 6.42 Å². The zero-order chi connectivity index (χ0) is 27.8. The third kappa shape index (κ3) is 4.91. The topological polar surface area (TPSA) is 100 Å². The van der Waals surface area contributed by atoms with Crippen molar-refractivity contribution in [3.05, 3.63) is 68.6 Å². The van der Waals surface area contributed by atoms with Crippen LogP contribution in [0.4, 0.5) is 0 Å². The first-order valence-electron chi connectivity index (χ1n) is 13.6. The molecule has 0 saturated carbocycles. The highest BCUT2D eigenvalue weighted by molar-refractivity contribution is 6.29. The first-order valence-corrected chi connectivity index (χ1v) is 13.6. The average Bonchev–Trinajstić information content (AvgIpc) is 3.59. The second kappa shape index (κ2) is 10.6. The van der Waals surface area contributed by atoms with Gasteiger partial charge in [0.15, 0.2) is 23.3 Å². The molecule has 5 heterocycles. The number of carbonyl (C=O) groups is 1. The second-order valence-electron chi connectivity index (χ2n) is 10.1. The normalized spacial score (nSPS) is 20.3. The van der Waals surface area contributed by atoms with E-state index in [9.17, 15) is 4.79 Å². The van der Waals surface area contributed by atoms with Gasteiger partial charge in [0.25, 0.3) is 0 Å². The monoisotopic (exact) mass is 522 g/mol. The van der Waals surface area contributed by atoms with Crippen LogP contribution < -0.4 is 0 Å². The van der Waals surface area contributed by atoms with Gasteiger partial charge in [0.05, 0.1) is 29.9 Å². The van der Waals surface area contributed by atoms with Crippen molar-refractivity contribution in [2.45, 2.75) is 73.6 Å². The molecule has 8 bridgehead atoms. The van der Waals surface area contributed by atoms with Gasteiger partial charge < -0.3 is 4.74 Å². The van der Waals surface area contributed by atoms with E-state index in [1.54, 1.807) is 0 Å². The molecule has 5 rings (SSSR count). The van der Waals surface area contributed by atoms with E-state index in [2.05, 4.69) is 33.8 Å².